The predicted molar refractivity (Wildman–Crippen MR) is 80.6 cm³/mol. The van der Waals surface area contributed by atoms with E-state index in [1.54, 1.807) is 0 Å². The van der Waals surface area contributed by atoms with Crippen molar-refractivity contribution in [1.29, 1.82) is 0 Å². The van der Waals surface area contributed by atoms with Crippen LogP contribution < -0.4 is 0 Å². The van der Waals surface area contributed by atoms with Crippen LogP contribution in [0.15, 0.2) is 24.3 Å². The molecule has 1 saturated heterocycles. The van der Waals surface area contributed by atoms with Gasteiger partial charge in [0, 0.05) is 18.6 Å². The maximum atomic E-state index is 10.7. The van der Waals surface area contributed by atoms with Crippen LogP contribution in [0, 0.1) is 0 Å². The molecule has 1 aromatic rings. The number of thiol groups is 1. The number of hydrogen-bond acceptors (Lipinski definition) is 4. The van der Waals surface area contributed by atoms with E-state index < -0.39 is 10.7 Å². The van der Waals surface area contributed by atoms with Crippen molar-refractivity contribution < 1.29 is 13.2 Å². The highest BCUT2D eigenvalue weighted by atomic mass is 32.2. The zero-order valence-corrected chi connectivity index (χ0v) is 13.1. The van der Waals surface area contributed by atoms with Crippen molar-refractivity contribution in [2.75, 3.05) is 26.3 Å². The van der Waals surface area contributed by atoms with Crippen molar-refractivity contribution >= 4 is 10.7 Å². The van der Waals surface area contributed by atoms with E-state index in [1.807, 2.05) is 24.3 Å². The molecule has 2 rings (SSSR count). The van der Waals surface area contributed by atoms with Gasteiger partial charge in [0.2, 0.25) is 0 Å². The number of nitrogens with zero attached hydrogens (tertiary/aromatic N) is 1. The molecule has 0 atom stereocenters. The normalized spacial score (nSPS) is 17.6. The van der Waals surface area contributed by atoms with Crippen molar-refractivity contribution in [2.45, 2.75) is 31.6 Å². The van der Waals surface area contributed by atoms with Crippen LogP contribution in [0.25, 0.3) is 0 Å². The molecule has 112 valence electrons. The van der Waals surface area contributed by atoms with Gasteiger partial charge < -0.3 is 4.74 Å². The molecule has 1 fully saturated rings. The second kappa shape index (κ2) is 6.70. The van der Waals surface area contributed by atoms with E-state index in [2.05, 4.69) is 18.7 Å². The van der Waals surface area contributed by atoms with Gasteiger partial charge in [-0.3, -0.25) is 4.90 Å². The van der Waals surface area contributed by atoms with Crippen molar-refractivity contribution in [3.8, 4) is 0 Å². The van der Waals surface area contributed by atoms with Gasteiger partial charge in [-0.15, -0.1) is 0 Å². The summed E-state index contributed by atoms with van der Waals surface area (Å²) in [5.41, 5.74) is 2.19. The quantitative estimate of drug-likeness (QED) is 0.836. The second-order valence-electron chi connectivity index (χ2n) is 5.90. The minimum atomic E-state index is -2.35. The number of ether oxygens (including phenoxy) is 1. The topological polar surface area (TPSA) is 46.6 Å². The van der Waals surface area contributed by atoms with Crippen molar-refractivity contribution in [2.24, 2.45) is 0 Å². The molecule has 5 heteroatoms. The van der Waals surface area contributed by atoms with E-state index >= 15 is 0 Å². The predicted octanol–water partition coefficient (Wildman–Crippen LogP) is 1.45. The number of morpholine rings is 1. The molecule has 0 saturated carbocycles. The Bertz CT molecular complexity index is 494. The van der Waals surface area contributed by atoms with Crippen LogP contribution in [0.3, 0.4) is 0 Å². The minimum Gasteiger partial charge on any atom is -0.379 e. The van der Waals surface area contributed by atoms with Crippen LogP contribution >= 0.6 is 0 Å². The highest BCUT2D eigenvalue weighted by Crippen LogP contribution is 2.22. The fourth-order valence-electron chi connectivity index (χ4n) is 2.69. The average molecular weight is 297 g/mol. The molecule has 20 heavy (non-hydrogen) atoms. The minimum absolute atomic E-state index is 0.0922. The van der Waals surface area contributed by atoms with Gasteiger partial charge in [0.25, 0.3) is 0 Å². The fourth-order valence-corrected chi connectivity index (χ4v) is 3.20. The molecule has 1 heterocycles. The summed E-state index contributed by atoms with van der Waals surface area (Å²) in [4.78, 5) is 2.46. The highest BCUT2D eigenvalue weighted by Gasteiger charge is 2.28. The van der Waals surface area contributed by atoms with E-state index in [4.69, 9.17) is 4.74 Å². The Hall–Kier alpha value is -0.910. The van der Waals surface area contributed by atoms with Gasteiger partial charge in [-0.1, -0.05) is 24.3 Å². The zero-order chi connectivity index (χ0) is 14.6. The Morgan fingerprint density at radius 2 is 1.65 bits per heavy atom. The maximum absolute atomic E-state index is 10.7. The summed E-state index contributed by atoms with van der Waals surface area (Å²) in [6.07, 6.45) is 0.955. The summed E-state index contributed by atoms with van der Waals surface area (Å²) in [5, 5.41) is 0. The van der Waals surface area contributed by atoms with Gasteiger partial charge in [0.05, 0.1) is 19.0 Å². The van der Waals surface area contributed by atoms with Crippen molar-refractivity contribution in [3.05, 3.63) is 35.4 Å². The van der Waals surface area contributed by atoms with Crippen molar-refractivity contribution in [3.63, 3.8) is 0 Å². The average Bonchev–Trinajstić information content (AvgIpc) is 2.41. The van der Waals surface area contributed by atoms with Crippen LogP contribution in [-0.2, 0) is 27.6 Å². The van der Waals surface area contributed by atoms with Crippen LogP contribution in [-0.4, -0.2) is 45.2 Å². The van der Waals surface area contributed by atoms with E-state index in [0.29, 0.717) is 0 Å². The summed E-state index contributed by atoms with van der Waals surface area (Å²) < 4.78 is 26.8. The molecule has 4 nitrogen and oxygen atoms in total. The monoisotopic (exact) mass is 297 g/mol. The summed E-state index contributed by atoms with van der Waals surface area (Å²) >= 11 is 0. The Morgan fingerprint density at radius 1 is 1.10 bits per heavy atom. The first-order chi connectivity index (χ1) is 9.47. The smallest absolute Gasteiger partial charge is 0.144 e. The molecule has 1 aliphatic heterocycles. The van der Waals surface area contributed by atoms with E-state index in [0.717, 1.165) is 38.3 Å². The molecule has 0 aromatic heterocycles. The summed E-state index contributed by atoms with van der Waals surface area (Å²) in [5.74, 6) is 0.127. The first-order valence-electron chi connectivity index (χ1n) is 7.00. The molecule has 0 N–H and O–H groups in total. The van der Waals surface area contributed by atoms with E-state index in [9.17, 15) is 8.42 Å². The molecule has 1 aliphatic rings. The lowest BCUT2D eigenvalue weighted by Crippen LogP contribution is -2.51. The number of rotatable bonds is 5. The summed E-state index contributed by atoms with van der Waals surface area (Å²) in [6, 6.07) is 7.90. The van der Waals surface area contributed by atoms with Crippen LogP contribution in [0.2, 0.25) is 0 Å². The van der Waals surface area contributed by atoms with Crippen LogP contribution in [0.4, 0.5) is 0 Å². The molecule has 0 amide bonds. The lowest BCUT2D eigenvalue weighted by Gasteiger charge is -2.41. The summed E-state index contributed by atoms with van der Waals surface area (Å²) in [7, 11) is -2.35. The molecule has 0 aliphatic carbocycles. The third kappa shape index (κ3) is 4.30. The molecule has 1 aromatic carbocycles. The standard InChI is InChI=1S/C15H23NO3S/c1-15(2,16-7-9-19-10-8-16)11-13-3-5-14(6-4-13)12-20(17)18/h3-6,20H,7-12H2,1-2H3. The SMILES string of the molecule is CC(C)(Cc1ccc(C[SH](=O)=O)cc1)N1CCOCC1. The lowest BCUT2D eigenvalue weighted by atomic mass is 9.92. The number of benzene rings is 1. The Kier molecular flexibility index (Phi) is 5.18. The molecular weight excluding hydrogens is 274 g/mol. The Morgan fingerprint density at radius 3 is 2.20 bits per heavy atom. The van der Waals surface area contributed by atoms with Crippen LogP contribution in [0.5, 0.6) is 0 Å². The molecule has 0 bridgehead atoms. The van der Waals surface area contributed by atoms with E-state index in [-0.39, 0.29) is 11.3 Å². The van der Waals surface area contributed by atoms with Crippen LogP contribution in [0.1, 0.15) is 25.0 Å². The highest BCUT2D eigenvalue weighted by molar-refractivity contribution is 7.71. The van der Waals surface area contributed by atoms with Gasteiger partial charge >= 0.3 is 0 Å². The zero-order valence-electron chi connectivity index (χ0n) is 12.2. The maximum Gasteiger partial charge on any atom is 0.144 e. The molecule has 0 radical (unpaired) electrons. The van der Waals surface area contributed by atoms with E-state index in [1.165, 1.54) is 5.56 Å². The van der Waals surface area contributed by atoms with Crippen molar-refractivity contribution in [1.82, 2.24) is 4.90 Å². The first-order valence-corrected chi connectivity index (χ1v) is 8.36. The van der Waals surface area contributed by atoms with Gasteiger partial charge in [-0.25, -0.2) is 8.42 Å². The summed E-state index contributed by atoms with van der Waals surface area (Å²) in [6.45, 7) is 8.06. The lowest BCUT2D eigenvalue weighted by molar-refractivity contribution is -0.00984. The second-order valence-corrected chi connectivity index (χ2v) is 6.88. The first kappa shape index (κ1) is 15.5. The fraction of sp³-hybridized carbons (Fsp3) is 0.600. The number of hydrogen-bond donors (Lipinski definition) is 1. The Balaban J connectivity index is 2.00. The Labute approximate surface area is 122 Å². The molecular formula is C15H23NO3S. The van der Waals surface area contributed by atoms with Gasteiger partial charge in [0.15, 0.2) is 0 Å². The molecule has 0 spiro atoms. The van der Waals surface area contributed by atoms with Gasteiger partial charge in [-0.05, 0) is 31.4 Å². The van der Waals surface area contributed by atoms with Gasteiger partial charge in [0.1, 0.15) is 10.7 Å². The largest absolute Gasteiger partial charge is 0.379 e. The third-order valence-corrected chi connectivity index (χ3v) is 4.46. The third-order valence-electron chi connectivity index (χ3n) is 3.84. The van der Waals surface area contributed by atoms with Gasteiger partial charge in [-0.2, -0.15) is 0 Å². The molecule has 0 unspecified atom stereocenters.